The Bertz CT molecular complexity index is 718. The van der Waals surface area contributed by atoms with Gasteiger partial charge in [-0.2, -0.15) is 0 Å². The van der Waals surface area contributed by atoms with Crippen molar-refractivity contribution in [1.29, 1.82) is 0 Å². The number of carbonyl (C=O) groups excluding carboxylic acids is 1. The molecule has 0 aliphatic heterocycles. The van der Waals surface area contributed by atoms with Crippen LogP contribution in [0.15, 0.2) is 30.9 Å². The van der Waals surface area contributed by atoms with E-state index in [-0.39, 0.29) is 11.3 Å². The van der Waals surface area contributed by atoms with Crippen LogP contribution in [0.3, 0.4) is 0 Å². The van der Waals surface area contributed by atoms with Gasteiger partial charge in [0.15, 0.2) is 0 Å². The fraction of sp³-hybridized carbons (Fsp3) is 0.353. The highest BCUT2D eigenvalue weighted by molar-refractivity contribution is 7.15. The molecule has 2 aromatic rings. The maximum atomic E-state index is 12.6. The summed E-state index contributed by atoms with van der Waals surface area (Å²) in [5.74, 6) is 0.515. The van der Waals surface area contributed by atoms with E-state index in [9.17, 15) is 4.79 Å². The molecule has 0 aliphatic carbocycles. The molecule has 0 atom stereocenters. The number of methoxy groups -OCH3 is 2. The molecular weight excluding hydrogens is 326 g/mol. The average Bonchev–Trinajstić information content (AvgIpc) is 3.03. The van der Waals surface area contributed by atoms with Crippen molar-refractivity contribution in [2.75, 3.05) is 19.5 Å². The third-order valence-electron chi connectivity index (χ3n) is 3.53. The van der Waals surface area contributed by atoms with Crippen LogP contribution in [0.1, 0.15) is 35.6 Å². The van der Waals surface area contributed by atoms with E-state index in [1.165, 1.54) is 25.6 Å². The molecule has 24 heavy (non-hydrogen) atoms. The molecule has 0 fully saturated rings. The summed E-state index contributed by atoms with van der Waals surface area (Å²) < 4.78 is 10.5. The molecule has 1 aromatic heterocycles. The van der Waals surface area contributed by atoms with E-state index in [0.29, 0.717) is 22.2 Å². The first-order chi connectivity index (χ1) is 11.4. The summed E-state index contributed by atoms with van der Waals surface area (Å²) in [6.07, 6.45) is 2.62. The van der Waals surface area contributed by atoms with Crippen molar-refractivity contribution < 1.29 is 14.3 Å². The quantitative estimate of drug-likeness (QED) is 0.774. The number of ether oxygens (including phenoxy) is 2. The summed E-state index contributed by atoms with van der Waals surface area (Å²) in [7, 11) is 3.01. The molecule has 0 radical (unpaired) electrons. The molecule has 2 rings (SSSR count). The Morgan fingerprint density at radius 1 is 1.29 bits per heavy atom. The lowest BCUT2D eigenvalue weighted by atomic mass is 9.90. The van der Waals surface area contributed by atoms with Crippen molar-refractivity contribution in [3.05, 3.63) is 41.4 Å². The fourth-order valence-corrected chi connectivity index (χ4v) is 3.08. The molecule has 0 unspecified atom stereocenters. The molecule has 1 amide bonds. The number of benzene rings is 1. The van der Waals surface area contributed by atoms with Gasteiger partial charge in [-0.3, -0.25) is 10.1 Å². The van der Waals surface area contributed by atoms with Gasteiger partial charge in [0.25, 0.3) is 5.91 Å². The van der Waals surface area contributed by atoms with Gasteiger partial charge < -0.3 is 9.47 Å². The maximum Gasteiger partial charge on any atom is 0.265 e. The number of anilines is 1. The Labute approximate surface area is 145 Å². The van der Waals surface area contributed by atoms with Crippen molar-refractivity contribution in [1.82, 2.24) is 10.2 Å². The van der Waals surface area contributed by atoms with Crippen LogP contribution in [0.4, 0.5) is 5.13 Å². The van der Waals surface area contributed by atoms with Crippen LogP contribution < -0.4 is 14.8 Å². The van der Waals surface area contributed by atoms with Crippen LogP contribution in [0.25, 0.3) is 0 Å². The lowest BCUT2D eigenvalue weighted by Gasteiger charge is -2.18. The number of nitrogens with one attached hydrogen (secondary N) is 1. The van der Waals surface area contributed by atoms with Crippen molar-refractivity contribution >= 4 is 22.4 Å². The van der Waals surface area contributed by atoms with E-state index in [2.05, 4.69) is 35.9 Å². The summed E-state index contributed by atoms with van der Waals surface area (Å²) in [5.41, 5.74) is 0.148. The largest absolute Gasteiger partial charge is 0.496 e. The summed E-state index contributed by atoms with van der Waals surface area (Å²) in [5, 5.41) is 12.3. The number of aromatic nitrogens is 2. The molecule has 128 valence electrons. The Balaban J connectivity index is 2.25. The second-order valence-electron chi connectivity index (χ2n) is 5.78. The van der Waals surface area contributed by atoms with Crippen LogP contribution in [0.5, 0.6) is 11.5 Å². The number of allylic oxidation sites excluding steroid dienone is 1. The zero-order valence-corrected chi connectivity index (χ0v) is 15.1. The van der Waals surface area contributed by atoms with Gasteiger partial charge in [0.2, 0.25) is 5.13 Å². The van der Waals surface area contributed by atoms with Gasteiger partial charge in [0.05, 0.1) is 14.2 Å². The van der Waals surface area contributed by atoms with Gasteiger partial charge in [-0.05, 0) is 18.6 Å². The highest BCUT2D eigenvalue weighted by Crippen LogP contribution is 2.33. The second-order valence-corrected chi connectivity index (χ2v) is 6.76. The van der Waals surface area contributed by atoms with Gasteiger partial charge in [0, 0.05) is 5.41 Å². The summed E-state index contributed by atoms with van der Waals surface area (Å²) in [6, 6.07) is 5.17. The molecule has 7 heteroatoms. The molecule has 1 heterocycles. The SMILES string of the molecule is C=CCC(C)(C)c1nnc(NC(=O)c2c(OC)cccc2OC)s1. The van der Waals surface area contributed by atoms with Crippen LogP contribution in [0.2, 0.25) is 0 Å². The van der Waals surface area contributed by atoms with Crippen molar-refractivity contribution in [2.24, 2.45) is 0 Å². The molecule has 0 saturated heterocycles. The fourth-order valence-electron chi connectivity index (χ4n) is 2.23. The van der Waals surface area contributed by atoms with Crippen LogP contribution in [-0.2, 0) is 5.41 Å². The second kappa shape index (κ2) is 7.44. The Kier molecular flexibility index (Phi) is 5.56. The first-order valence-electron chi connectivity index (χ1n) is 7.40. The third-order valence-corrected chi connectivity index (χ3v) is 4.74. The minimum Gasteiger partial charge on any atom is -0.496 e. The van der Waals surface area contributed by atoms with Crippen LogP contribution >= 0.6 is 11.3 Å². The predicted octanol–water partition coefficient (Wildman–Crippen LogP) is 3.66. The molecule has 0 aliphatic rings. The number of hydrogen-bond donors (Lipinski definition) is 1. The number of nitrogens with zero attached hydrogens (tertiary/aromatic N) is 2. The van der Waals surface area contributed by atoms with E-state index in [1.807, 2.05) is 6.08 Å². The Morgan fingerprint density at radius 3 is 2.46 bits per heavy atom. The van der Waals surface area contributed by atoms with Crippen LogP contribution in [-0.4, -0.2) is 30.3 Å². The zero-order valence-electron chi connectivity index (χ0n) is 14.3. The van der Waals surface area contributed by atoms with Crippen molar-refractivity contribution in [3.8, 4) is 11.5 Å². The topological polar surface area (TPSA) is 73.3 Å². The maximum absolute atomic E-state index is 12.6. The number of rotatable bonds is 7. The highest BCUT2D eigenvalue weighted by Gasteiger charge is 2.25. The Hall–Kier alpha value is -2.41. The molecule has 1 aromatic carbocycles. The lowest BCUT2D eigenvalue weighted by molar-refractivity contribution is 0.102. The molecule has 0 saturated carbocycles. The van der Waals surface area contributed by atoms with Crippen LogP contribution in [0, 0.1) is 0 Å². The van der Waals surface area contributed by atoms with E-state index in [1.54, 1.807) is 18.2 Å². The first-order valence-corrected chi connectivity index (χ1v) is 8.21. The molecule has 1 N–H and O–H groups in total. The monoisotopic (exact) mass is 347 g/mol. The summed E-state index contributed by atoms with van der Waals surface area (Å²) in [6.45, 7) is 7.88. The van der Waals surface area contributed by atoms with Crippen molar-refractivity contribution in [2.45, 2.75) is 25.7 Å². The summed E-state index contributed by atoms with van der Waals surface area (Å²) >= 11 is 1.35. The summed E-state index contributed by atoms with van der Waals surface area (Å²) in [4.78, 5) is 12.6. The molecule has 0 spiro atoms. The van der Waals surface area contributed by atoms with E-state index in [4.69, 9.17) is 9.47 Å². The van der Waals surface area contributed by atoms with Gasteiger partial charge >= 0.3 is 0 Å². The zero-order chi connectivity index (χ0) is 17.7. The minimum absolute atomic E-state index is 0.176. The number of carbonyl (C=O) groups is 1. The minimum atomic E-state index is -0.353. The number of hydrogen-bond acceptors (Lipinski definition) is 6. The predicted molar refractivity (Wildman–Crippen MR) is 95.2 cm³/mol. The van der Waals surface area contributed by atoms with Gasteiger partial charge in [-0.15, -0.1) is 16.8 Å². The van der Waals surface area contributed by atoms with E-state index >= 15 is 0 Å². The normalized spacial score (nSPS) is 11.0. The van der Waals surface area contributed by atoms with Gasteiger partial charge in [-0.1, -0.05) is 37.3 Å². The lowest BCUT2D eigenvalue weighted by Crippen LogP contribution is -2.15. The van der Waals surface area contributed by atoms with Gasteiger partial charge in [0.1, 0.15) is 22.1 Å². The standard InChI is InChI=1S/C17H21N3O3S/c1-6-10-17(2,3)15-19-20-16(24-15)18-14(21)13-11(22-4)8-7-9-12(13)23-5/h6-9H,1,10H2,2-5H3,(H,18,20,21). The van der Waals surface area contributed by atoms with E-state index < -0.39 is 0 Å². The van der Waals surface area contributed by atoms with Crippen molar-refractivity contribution in [3.63, 3.8) is 0 Å². The van der Waals surface area contributed by atoms with Gasteiger partial charge in [-0.25, -0.2) is 0 Å². The smallest absolute Gasteiger partial charge is 0.265 e. The highest BCUT2D eigenvalue weighted by atomic mass is 32.1. The molecule has 0 bridgehead atoms. The Morgan fingerprint density at radius 2 is 1.92 bits per heavy atom. The third kappa shape index (κ3) is 3.73. The average molecular weight is 347 g/mol. The first kappa shape index (κ1) is 17.9. The molecular formula is C17H21N3O3S. The number of amides is 1. The molecule has 6 nitrogen and oxygen atoms in total. The van der Waals surface area contributed by atoms with E-state index in [0.717, 1.165) is 11.4 Å².